The van der Waals surface area contributed by atoms with Crippen LogP contribution in [0.1, 0.15) is 42.5 Å². The van der Waals surface area contributed by atoms with Gasteiger partial charge in [-0.25, -0.2) is 0 Å². The molecule has 1 aliphatic carbocycles. The summed E-state index contributed by atoms with van der Waals surface area (Å²) in [7, 11) is 0. The molecule has 3 nitrogen and oxygen atoms in total. The van der Waals surface area contributed by atoms with Gasteiger partial charge in [-0.15, -0.1) is 0 Å². The number of benzene rings is 1. The Hall–Kier alpha value is -1.77. The molecule has 0 aliphatic heterocycles. The number of fused-ring (bicyclic) bond motifs is 1. The zero-order valence-electron chi connectivity index (χ0n) is 10.8. The summed E-state index contributed by atoms with van der Waals surface area (Å²) in [6, 6.07) is 8.68. The Morgan fingerprint density at radius 2 is 2.22 bits per heavy atom. The molecule has 1 aromatic carbocycles. The zero-order chi connectivity index (χ0) is 12.5. The highest BCUT2D eigenvalue weighted by Crippen LogP contribution is 2.44. The third-order valence-corrected chi connectivity index (χ3v) is 3.91. The Morgan fingerprint density at radius 1 is 1.39 bits per heavy atom. The van der Waals surface area contributed by atoms with Gasteiger partial charge >= 0.3 is 0 Å². The summed E-state index contributed by atoms with van der Waals surface area (Å²) in [4.78, 5) is 0. The molecule has 0 saturated carbocycles. The van der Waals surface area contributed by atoms with Gasteiger partial charge in [0.2, 0.25) is 0 Å². The first kappa shape index (κ1) is 11.3. The monoisotopic (exact) mass is 242 g/mol. The number of anilines is 1. The quantitative estimate of drug-likeness (QED) is 0.894. The first-order valence-electron chi connectivity index (χ1n) is 6.57. The molecule has 1 heterocycles. The van der Waals surface area contributed by atoms with Crippen molar-refractivity contribution in [2.75, 3.05) is 11.9 Å². The molecule has 2 atom stereocenters. The number of aromatic nitrogens is 1. The van der Waals surface area contributed by atoms with E-state index in [0.29, 0.717) is 11.8 Å². The van der Waals surface area contributed by atoms with Crippen molar-refractivity contribution in [2.24, 2.45) is 0 Å². The van der Waals surface area contributed by atoms with Crippen LogP contribution in [0.25, 0.3) is 0 Å². The van der Waals surface area contributed by atoms with Crippen molar-refractivity contribution >= 4 is 5.69 Å². The van der Waals surface area contributed by atoms with E-state index in [2.05, 4.69) is 48.6 Å². The maximum Gasteiger partial charge on any atom is 0.147 e. The van der Waals surface area contributed by atoms with Crippen LogP contribution < -0.4 is 5.32 Å². The van der Waals surface area contributed by atoms with Gasteiger partial charge in [0.25, 0.3) is 0 Å². The van der Waals surface area contributed by atoms with Gasteiger partial charge in [-0.05, 0) is 30.4 Å². The van der Waals surface area contributed by atoms with Crippen LogP contribution >= 0.6 is 0 Å². The van der Waals surface area contributed by atoms with E-state index in [-0.39, 0.29) is 0 Å². The molecule has 18 heavy (non-hydrogen) atoms. The lowest BCUT2D eigenvalue weighted by Gasteiger charge is -2.14. The third kappa shape index (κ3) is 1.70. The molecule has 0 amide bonds. The van der Waals surface area contributed by atoms with Crippen LogP contribution in [0, 0.1) is 0 Å². The van der Waals surface area contributed by atoms with Crippen LogP contribution in [0.15, 0.2) is 35.1 Å². The second-order valence-corrected chi connectivity index (χ2v) is 4.94. The lowest BCUT2D eigenvalue weighted by molar-refractivity contribution is 0.401. The van der Waals surface area contributed by atoms with Crippen molar-refractivity contribution in [3.05, 3.63) is 47.3 Å². The first-order chi connectivity index (χ1) is 8.81. The van der Waals surface area contributed by atoms with Gasteiger partial charge in [-0.2, -0.15) is 0 Å². The normalized spacial score (nSPS) is 21.9. The predicted molar refractivity (Wildman–Crippen MR) is 72.0 cm³/mol. The largest absolute Gasteiger partial charge is 0.381 e. The molecule has 2 aromatic rings. The first-order valence-corrected chi connectivity index (χ1v) is 6.57. The second-order valence-electron chi connectivity index (χ2n) is 4.94. The molecule has 0 radical (unpaired) electrons. The van der Waals surface area contributed by atoms with Crippen molar-refractivity contribution in [1.82, 2.24) is 5.16 Å². The van der Waals surface area contributed by atoms with Crippen LogP contribution in [-0.2, 0) is 6.42 Å². The summed E-state index contributed by atoms with van der Waals surface area (Å²) < 4.78 is 5.15. The van der Waals surface area contributed by atoms with E-state index in [0.717, 1.165) is 24.3 Å². The molecule has 0 spiro atoms. The number of nitrogens with one attached hydrogen (secondary N) is 1. The number of nitrogens with zero attached hydrogens (tertiary/aromatic N) is 1. The fraction of sp³-hybridized carbons (Fsp3) is 0.400. The highest BCUT2D eigenvalue weighted by molar-refractivity contribution is 5.51. The van der Waals surface area contributed by atoms with Gasteiger partial charge in [0.15, 0.2) is 0 Å². The Bertz CT molecular complexity index is 547. The van der Waals surface area contributed by atoms with Crippen molar-refractivity contribution in [3.8, 4) is 0 Å². The van der Waals surface area contributed by atoms with Gasteiger partial charge in [0, 0.05) is 12.5 Å². The zero-order valence-corrected chi connectivity index (χ0v) is 10.8. The molecular weight excluding hydrogens is 224 g/mol. The van der Waals surface area contributed by atoms with Gasteiger partial charge in [0.1, 0.15) is 12.0 Å². The van der Waals surface area contributed by atoms with E-state index < -0.39 is 0 Å². The van der Waals surface area contributed by atoms with Gasteiger partial charge in [-0.1, -0.05) is 36.3 Å². The van der Waals surface area contributed by atoms with Crippen molar-refractivity contribution < 1.29 is 4.52 Å². The molecule has 1 aliphatic rings. The predicted octanol–water partition coefficient (Wildman–Crippen LogP) is 3.55. The van der Waals surface area contributed by atoms with Crippen LogP contribution in [0.2, 0.25) is 0 Å². The topological polar surface area (TPSA) is 38.1 Å². The van der Waals surface area contributed by atoms with E-state index in [4.69, 9.17) is 4.52 Å². The summed E-state index contributed by atoms with van der Waals surface area (Å²) in [6.07, 6.45) is 2.77. The second kappa shape index (κ2) is 4.48. The molecule has 94 valence electrons. The summed E-state index contributed by atoms with van der Waals surface area (Å²) in [5.74, 6) is 0.930. The fourth-order valence-corrected chi connectivity index (χ4v) is 2.96. The van der Waals surface area contributed by atoms with Crippen LogP contribution in [0.5, 0.6) is 0 Å². The van der Waals surface area contributed by atoms with Crippen LogP contribution in [0.3, 0.4) is 0 Å². The minimum Gasteiger partial charge on any atom is -0.381 e. The molecule has 3 heteroatoms. The molecule has 1 aromatic heterocycles. The minimum absolute atomic E-state index is 0.426. The molecule has 3 rings (SSSR count). The lowest BCUT2D eigenvalue weighted by atomic mass is 9.91. The lowest BCUT2D eigenvalue weighted by Crippen LogP contribution is -2.07. The molecule has 0 fully saturated rings. The molecule has 1 N–H and O–H groups in total. The Balaban J connectivity index is 1.94. The number of hydrogen-bond acceptors (Lipinski definition) is 3. The van der Waals surface area contributed by atoms with Crippen molar-refractivity contribution in [3.63, 3.8) is 0 Å². The van der Waals surface area contributed by atoms with E-state index in [1.165, 1.54) is 11.1 Å². The SMILES string of the molecule is CCNc1conc1C1Cc2ccccc2C1C. The number of hydrogen-bond donors (Lipinski definition) is 1. The summed E-state index contributed by atoms with van der Waals surface area (Å²) in [5.41, 5.74) is 5.01. The van der Waals surface area contributed by atoms with Gasteiger partial charge in [-0.3, -0.25) is 0 Å². The van der Waals surface area contributed by atoms with Crippen LogP contribution in [0.4, 0.5) is 5.69 Å². The maximum atomic E-state index is 5.15. The average molecular weight is 242 g/mol. The Labute approximate surface area is 107 Å². The highest BCUT2D eigenvalue weighted by atomic mass is 16.5. The van der Waals surface area contributed by atoms with Crippen LogP contribution in [-0.4, -0.2) is 11.7 Å². The van der Waals surface area contributed by atoms with E-state index >= 15 is 0 Å². The van der Waals surface area contributed by atoms with Crippen molar-refractivity contribution in [2.45, 2.75) is 32.1 Å². The minimum atomic E-state index is 0.426. The molecule has 2 unspecified atom stereocenters. The summed E-state index contributed by atoms with van der Waals surface area (Å²) in [5, 5.41) is 7.54. The fourth-order valence-electron chi connectivity index (χ4n) is 2.96. The maximum absolute atomic E-state index is 5.15. The standard InChI is InChI=1S/C15H18N2O/c1-3-16-14-9-18-17-15(14)13-8-11-6-4-5-7-12(11)10(13)2/h4-7,9-10,13,16H,3,8H2,1-2H3. The number of rotatable bonds is 3. The van der Waals surface area contributed by atoms with Gasteiger partial charge < -0.3 is 9.84 Å². The Morgan fingerprint density at radius 3 is 3.00 bits per heavy atom. The van der Waals surface area contributed by atoms with Crippen molar-refractivity contribution in [1.29, 1.82) is 0 Å². The van der Waals surface area contributed by atoms with E-state index in [9.17, 15) is 0 Å². The summed E-state index contributed by atoms with van der Waals surface area (Å²) >= 11 is 0. The van der Waals surface area contributed by atoms with E-state index in [1.54, 1.807) is 6.26 Å². The summed E-state index contributed by atoms with van der Waals surface area (Å²) in [6.45, 7) is 5.26. The third-order valence-electron chi connectivity index (χ3n) is 3.91. The molecule has 0 saturated heterocycles. The van der Waals surface area contributed by atoms with E-state index in [1.807, 2.05) is 0 Å². The Kier molecular flexibility index (Phi) is 2.82. The molecular formula is C15H18N2O. The molecule has 0 bridgehead atoms. The average Bonchev–Trinajstić information content (AvgIpc) is 2.96. The highest BCUT2D eigenvalue weighted by Gasteiger charge is 2.33. The van der Waals surface area contributed by atoms with Gasteiger partial charge in [0.05, 0.1) is 5.69 Å². The smallest absolute Gasteiger partial charge is 0.147 e.